The maximum absolute atomic E-state index is 13.4. The lowest BCUT2D eigenvalue weighted by molar-refractivity contribution is 0.0637. The van der Waals surface area contributed by atoms with E-state index in [4.69, 9.17) is 4.98 Å². The molecule has 3 aromatic rings. The van der Waals surface area contributed by atoms with Crippen LogP contribution in [0.5, 0.6) is 0 Å². The zero-order chi connectivity index (χ0) is 19.9. The second-order valence-corrected chi connectivity index (χ2v) is 8.76. The standard InChI is InChI=1S/C23H28N4O/c1-16-9-7-8-12-26(16)22(28)19-13-21(25-20-11-6-5-10-18(19)20)17-14-24-27(15-17)23(2,3)4/h5-6,10-11,13-16H,7-9,12H2,1-4H3/t16-/m1/s1. The number of fused-ring (bicyclic) bond motifs is 1. The van der Waals surface area contributed by atoms with Crippen LogP contribution in [0.3, 0.4) is 0 Å². The lowest BCUT2D eigenvalue weighted by Crippen LogP contribution is -2.42. The number of nitrogens with zero attached hydrogens (tertiary/aromatic N) is 4. The van der Waals surface area contributed by atoms with Crippen molar-refractivity contribution in [1.29, 1.82) is 0 Å². The van der Waals surface area contributed by atoms with Crippen LogP contribution in [-0.4, -0.2) is 38.2 Å². The molecular formula is C23H28N4O. The molecule has 5 nitrogen and oxygen atoms in total. The van der Waals surface area contributed by atoms with Crippen LogP contribution in [0.2, 0.25) is 0 Å². The average molecular weight is 377 g/mol. The SMILES string of the molecule is C[C@@H]1CCCCN1C(=O)c1cc(-c2cnn(C(C)(C)C)c2)nc2ccccc12. The second kappa shape index (κ2) is 7.04. The number of hydrogen-bond acceptors (Lipinski definition) is 3. The highest BCUT2D eigenvalue weighted by molar-refractivity contribution is 6.07. The van der Waals surface area contributed by atoms with Crippen LogP contribution in [-0.2, 0) is 5.54 Å². The first-order valence-electron chi connectivity index (χ1n) is 10.1. The van der Waals surface area contributed by atoms with Gasteiger partial charge in [-0.1, -0.05) is 18.2 Å². The van der Waals surface area contributed by atoms with Crippen molar-refractivity contribution in [1.82, 2.24) is 19.7 Å². The molecule has 2 aromatic heterocycles. The van der Waals surface area contributed by atoms with Gasteiger partial charge < -0.3 is 4.90 Å². The number of carbonyl (C=O) groups excluding carboxylic acids is 1. The Morgan fingerprint density at radius 3 is 2.68 bits per heavy atom. The molecule has 0 aliphatic carbocycles. The Bertz CT molecular complexity index is 1010. The van der Waals surface area contributed by atoms with Crippen LogP contribution in [0, 0.1) is 0 Å². The Labute approximate surface area is 166 Å². The van der Waals surface area contributed by atoms with E-state index < -0.39 is 0 Å². The largest absolute Gasteiger partial charge is 0.336 e. The number of hydrogen-bond donors (Lipinski definition) is 0. The minimum atomic E-state index is -0.100. The Hall–Kier alpha value is -2.69. The number of likely N-dealkylation sites (tertiary alicyclic amines) is 1. The average Bonchev–Trinajstić information content (AvgIpc) is 3.18. The fourth-order valence-electron chi connectivity index (χ4n) is 3.88. The summed E-state index contributed by atoms with van der Waals surface area (Å²) in [5.41, 5.74) is 3.20. The van der Waals surface area contributed by atoms with Crippen molar-refractivity contribution in [3.63, 3.8) is 0 Å². The monoisotopic (exact) mass is 376 g/mol. The summed E-state index contributed by atoms with van der Waals surface area (Å²) >= 11 is 0. The van der Waals surface area contributed by atoms with E-state index in [-0.39, 0.29) is 17.5 Å². The molecular weight excluding hydrogens is 348 g/mol. The van der Waals surface area contributed by atoms with Crippen molar-refractivity contribution in [3.05, 3.63) is 48.3 Å². The van der Waals surface area contributed by atoms with Gasteiger partial charge in [-0.3, -0.25) is 9.48 Å². The predicted molar refractivity (Wildman–Crippen MR) is 112 cm³/mol. The fraction of sp³-hybridized carbons (Fsp3) is 0.435. The molecule has 0 N–H and O–H groups in total. The van der Waals surface area contributed by atoms with Crippen LogP contribution < -0.4 is 0 Å². The Kier molecular flexibility index (Phi) is 4.69. The smallest absolute Gasteiger partial charge is 0.254 e. The molecule has 28 heavy (non-hydrogen) atoms. The van der Waals surface area contributed by atoms with Crippen molar-refractivity contribution in [2.24, 2.45) is 0 Å². The van der Waals surface area contributed by atoms with Crippen LogP contribution in [0.15, 0.2) is 42.7 Å². The lowest BCUT2D eigenvalue weighted by Gasteiger charge is -2.33. The van der Waals surface area contributed by atoms with Gasteiger partial charge in [0.1, 0.15) is 0 Å². The van der Waals surface area contributed by atoms with Gasteiger partial charge in [-0.2, -0.15) is 5.10 Å². The number of aromatic nitrogens is 3. The minimum absolute atomic E-state index is 0.100. The van der Waals surface area contributed by atoms with Crippen LogP contribution in [0.1, 0.15) is 57.3 Å². The summed E-state index contributed by atoms with van der Waals surface area (Å²) in [7, 11) is 0. The van der Waals surface area contributed by atoms with E-state index in [0.29, 0.717) is 0 Å². The van der Waals surface area contributed by atoms with E-state index in [2.05, 4.69) is 32.8 Å². The predicted octanol–water partition coefficient (Wildman–Crippen LogP) is 4.87. The summed E-state index contributed by atoms with van der Waals surface area (Å²) in [5.74, 6) is 0.107. The number of carbonyl (C=O) groups is 1. The molecule has 0 bridgehead atoms. The molecule has 1 amide bonds. The molecule has 3 heterocycles. The zero-order valence-corrected chi connectivity index (χ0v) is 17.1. The lowest BCUT2D eigenvalue weighted by atomic mass is 10.00. The van der Waals surface area contributed by atoms with Crippen molar-refractivity contribution >= 4 is 16.8 Å². The van der Waals surface area contributed by atoms with Gasteiger partial charge in [0.25, 0.3) is 5.91 Å². The van der Waals surface area contributed by atoms with Crippen LogP contribution in [0.25, 0.3) is 22.2 Å². The molecule has 1 fully saturated rings. The highest BCUT2D eigenvalue weighted by Crippen LogP contribution is 2.28. The summed E-state index contributed by atoms with van der Waals surface area (Å²) in [5, 5.41) is 5.42. The summed E-state index contributed by atoms with van der Waals surface area (Å²) in [6.45, 7) is 9.32. The molecule has 0 radical (unpaired) electrons. The highest BCUT2D eigenvalue weighted by Gasteiger charge is 2.26. The molecule has 1 aromatic carbocycles. The van der Waals surface area contributed by atoms with Crippen LogP contribution in [0.4, 0.5) is 0 Å². The van der Waals surface area contributed by atoms with Gasteiger partial charge in [0, 0.05) is 29.7 Å². The van der Waals surface area contributed by atoms with E-state index in [1.165, 1.54) is 6.42 Å². The Morgan fingerprint density at radius 2 is 1.96 bits per heavy atom. The molecule has 0 unspecified atom stereocenters. The molecule has 146 valence electrons. The first-order chi connectivity index (χ1) is 13.3. The van der Waals surface area contributed by atoms with Gasteiger partial charge in [-0.05, 0) is 59.1 Å². The van der Waals surface area contributed by atoms with Crippen molar-refractivity contribution in [2.75, 3.05) is 6.54 Å². The van der Waals surface area contributed by atoms with Gasteiger partial charge in [-0.25, -0.2) is 4.98 Å². The van der Waals surface area contributed by atoms with E-state index in [1.54, 1.807) is 0 Å². The third-order valence-corrected chi connectivity index (χ3v) is 5.58. The minimum Gasteiger partial charge on any atom is -0.336 e. The second-order valence-electron chi connectivity index (χ2n) is 8.76. The number of rotatable bonds is 2. The van der Waals surface area contributed by atoms with Gasteiger partial charge >= 0.3 is 0 Å². The highest BCUT2D eigenvalue weighted by atomic mass is 16.2. The maximum atomic E-state index is 13.4. The van der Waals surface area contributed by atoms with Gasteiger partial charge in [-0.15, -0.1) is 0 Å². The first kappa shape index (κ1) is 18.7. The summed E-state index contributed by atoms with van der Waals surface area (Å²) in [6.07, 6.45) is 7.18. The normalized spacial score (nSPS) is 17.9. The van der Waals surface area contributed by atoms with Crippen LogP contribution >= 0.6 is 0 Å². The van der Waals surface area contributed by atoms with Crippen molar-refractivity contribution in [3.8, 4) is 11.3 Å². The molecule has 1 saturated heterocycles. The molecule has 1 aliphatic heterocycles. The summed E-state index contributed by atoms with van der Waals surface area (Å²) in [6, 6.07) is 10.1. The summed E-state index contributed by atoms with van der Waals surface area (Å²) < 4.78 is 1.94. The molecule has 5 heteroatoms. The summed E-state index contributed by atoms with van der Waals surface area (Å²) in [4.78, 5) is 20.3. The van der Waals surface area contributed by atoms with Gasteiger partial charge in [0.05, 0.1) is 28.5 Å². The van der Waals surface area contributed by atoms with E-state index in [0.717, 1.165) is 47.1 Å². The zero-order valence-electron chi connectivity index (χ0n) is 17.1. The van der Waals surface area contributed by atoms with Gasteiger partial charge in [0.2, 0.25) is 0 Å². The number of para-hydroxylation sites is 1. The quantitative estimate of drug-likeness (QED) is 0.641. The molecule has 1 aliphatic rings. The topological polar surface area (TPSA) is 51.0 Å². The third kappa shape index (κ3) is 3.41. The van der Waals surface area contributed by atoms with Crippen molar-refractivity contribution < 1.29 is 4.79 Å². The molecule has 1 atom stereocenters. The van der Waals surface area contributed by atoms with E-state index in [9.17, 15) is 4.79 Å². The first-order valence-corrected chi connectivity index (χ1v) is 10.1. The fourth-order valence-corrected chi connectivity index (χ4v) is 3.88. The number of pyridine rings is 1. The molecule has 0 spiro atoms. The Balaban J connectivity index is 1.82. The van der Waals surface area contributed by atoms with Gasteiger partial charge in [0.15, 0.2) is 0 Å². The Morgan fingerprint density at radius 1 is 1.18 bits per heavy atom. The molecule has 4 rings (SSSR count). The number of benzene rings is 1. The molecule has 0 saturated carbocycles. The third-order valence-electron chi connectivity index (χ3n) is 5.58. The maximum Gasteiger partial charge on any atom is 0.254 e. The number of amides is 1. The van der Waals surface area contributed by atoms with E-state index in [1.807, 2.05) is 52.3 Å². The number of piperidine rings is 1. The van der Waals surface area contributed by atoms with E-state index >= 15 is 0 Å². The van der Waals surface area contributed by atoms with Crippen molar-refractivity contribution in [2.45, 2.75) is 58.5 Å².